The molecule has 4 rings (SSSR count). The van der Waals surface area contributed by atoms with Crippen LogP contribution in [0, 0.1) is 5.92 Å². The van der Waals surface area contributed by atoms with Crippen LogP contribution >= 0.6 is 22.9 Å². The van der Waals surface area contributed by atoms with Crippen LogP contribution < -0.4 is 4.90 Å². The van der Waals surface area contributed by atoms with Crippen LogP contribution in [0.4, 0.5) is 5.13 Å². The molecule has 1 aromatic heterocycles. The molecule has 1 aliphatic rings. The maximum Gasteiger partial charge on any atom is 0.304 e. The molecule has 0 spiro atoms. The van der Waals surface area contributed by atoms with Crippen LogP contribution in [0.25, 0.3) is 11.3 Å². The second-order valence-electron chi connectivity index (χ2n) is 7.88. The van der Waals surface area contributed by atoms with Crippen molar-refractivity contribution < 1.29 is 19.8 Å². The molecule has 2 heterocycles. The largest absolute Gasteiger partial charge is 0.481 e. The van der Waals surface area contributed by atoms with Gasteiger partial charge in [0.2, 0.25) is 5.91 Å². The molecule has 8 heteroatoms. The molecule has 0 aliphatic carbocycles. The first-order valence-electron chi connectivity index (χ1n) is 10.4. The van der Waals surface area contributed by atoms with E-state index in [0.717, 1.165) is 11.1 Å². The van der Waals surface area contributed by atoms with Crippen molar-refractivity contribution in [3.8, 4) is 11.3 Å². The second-order valence-corrected chi connectivity index (χ2v) is 9.13. The topological polar surface area (TPSA) is 90.7 Å². The van der Waals surface area contributed by atoms with Gasteiger partial charge < -0.3 is 10.2 Å². The highest BCUT2D eigenvalue weighted by atomic mass is 35.5. The lowest BCUT2D eigenvalue weighted by molar-refractivity contribution is -0.141. The summed E-state index contributed by atoms with van der Waals surface area (Å²) in [4.78, 5) is 31.5. The molecular weight excluding hydrogens is 448 g/mol. The second kappa shape index (κ2) is 9.81. The maximum atomic E-state index is 13.7. The van der Waals surface area contributed by atoms with Crippen molar-refractivity contribution in [1.29, 1.82) is 0 Å². The van der Waals surface area contributed by atoms with Crippen molar-refractivity contribution >= 4 is 39.9 Å². The Kier molecular flexibility index (Phi) is 6.89. The zero-order valence-electron chi connectivity index (χ0n) is 17.2. The summed E-state index contributed by atoms with van der Waals surface area (Å²) < 4.78 is 0. The van der Waals surface area contributed by atoms with Gasteiger partial charge in [-0.2, -0.15) is 0 Å². The maximum absolute atomic E-state index is 13.7. The minimum atomic E-state index is -1.05. The van der Waals surface area contributed by atoms with Crippen LogP contribution in [0.1, 0.15) is 30.7 Å². The third kappa shape index (κ3) is 4.85. The fourth-order valence-corrected chi connectivity index (χ4v) is 5.28. The number of benzene rings is 2. The van der Waals surface area contributed by atoms with Gasteiger partial charge in [-0.3, -0.25) is 14.5 Å². The number of aliphatic hydroxyl groups is 1. The van der Waals surface area contributed by atoms with E-state index in [0.29, 0.717) is 28.7 Å². The molecule has 0 bridgehead atoms. The van der Waals surface area contributed by atoms with Gasteiger partial charge in [0.05, 0.1) is 24.1 Å². The number of aromatic nitrogens is 1. The predicted molar refractivity (Wildman–Crippen MR) is 125 cm³/mol. The van der Waals surface area contributed by atoms with E-state index in [1.807, 2.05) is 53.9 Å². The monoisotopic (exact) mass is 470 g/mol. The molecule has 0 unspecified atom stereocenters. The number of carbonyl (C=O) groups excluding carboxylic acids is 1. The van der Waals surface area contributed by atoms with E-state index in [1.165, 1.54) is 16.2 Å². The number of thiazole rings is 1. The Bertz CT molecular complexity index is 1100. The van der Waals surface area contributed by atoms with Crippen LogP contribution in [0.5, 0.6) is 0 Å². The Hall–Kier alpha value is -2.74. The van der Waals surface area contributed by atoms with Gasteiger partial charge in [-0.1, -0.05) is 60.1 Å². The van der Waals surface area contributed by atoms with Crippen molar-refractivity contribution in [2.45, 2.75) is 31.3 Å². The highest BCUT2D eigenvalue weighted by molar-refractivity contribution is 7.14. The minimum Gasteiger partial charge on any atom is -0.481 e. The number of halogens is 1. The third-order valence-corrected chi connectivity index (χ3v) is 6.97. The van der Waals surface area contributed by atoms with E-state index in [-0.39, 0.29) is 18.9 Å². The van der Waals surface area contributed by atoms with Gasteiger partial charge in [-0.15, -0.1) is 11.3 Å². The normalized spacial score (nSPS) is 21.8. The number of carboxylic acid groups (broad SMARTS) is 1. The van der Waals surface area contributed by atoms with Gasteiger partial charge in [0.25, 0.3) is 0 Å². The Morgan fingerprint density at radius 2 is 1.88 bits per heavy atom. The van der Waals surface area contributed by atoms with Gasteiger partial charge in [0, 0.05) is 22.5 Å². The van der Waals surface area contributed by atoms with Crippen LogP contribution in [0.15, 0.2) is 60.0 Å². The number of amides is 1. The first kappa shape index (κ1) is 22.5. The molecule has 1 amide bonds. The number of aliphatic carboxylic acids is 1. The van der Waals surface area contributed by atoms with Crippen LogP contribution in [0.2, 0.25) is 5.02 Å². The van der Waals surface area contributed by atoms with Gasteiger partial charge in [0.15, 0.2) is 5.13 Å². The van der Waals surface area contributed by atoms with E-state index in [2.05, 4.69) is 4.98 Å². The molecule has 2 N–H and O–H groups in total. The molecule has 1 aliphatic heterocycles. The molecular formula is C24H23ClN2O4S. The molecule has 3 atom stereocenters. The standard InChI is InChI=1S/C24H23ClN2O4S/c25-20-9-5-4-8-17(20)21-14-32-24(26-21)27-11-10-16(28)12-18(15-6-2-1-3-7-15)19(23(27)31)13-22(29)30/h1-9,14,16,18-19,28H,10-13H2,(H,29,30)/t16-,18+,19-/m0/s1. The van der Waals surface area contributed by atoms with Crippen LogP contribution in [0.3, 0.4) is 0 Å². The van der Waals surface area contributed by atoms with E-state index in [1.54, 1.807) is 6.07 Å². The van der Waals surface area contributed by atoms with Crippen molar-refractivity contribution in [3.05, 3.63) is 70.6 Å². The number of anilines is 1. The predicted octanol–water partition coefficient (Wildman–Crippen LogP) is 4.83. The van der Waals surface area contributed by atoms with Gasteiger partial charge in [-0.05, 0) is 30.4 Å². The number of aliphatic hydroxyl groups excluding tert-OH is 1. The lowest BCUT2D eigenvalue weighted by Crippen LogP contribution is -2.44. The van der Waals surface area contributed by atoms with Crippen LogP contribution in [-0.2, 0) is 9.59 Å². The number of carbonyl (C=O) groups is 2. The molecule has 0 saturated carbocycles. The van der Waals surface area contributed by atoms with E-state index in [9.17, 15) is 19.8 Å². The summed E-state index contributed by atoms with van der Waals surface area (Å²) in [5.41, 5.74) is 2.27. The summed E-state index contributed by atoms with van der Waals surface area (Å²) in [6.45, 7) is 0.271. The highest BCUT2D eigenvalue weighted by Gasteiger charge is 2.39. The smallest absolute Gasteiger partial charge is 0.304 e. The molecule has 32 heavy (non-hydrogen) atoms. The summed E-state index contributed by atoms with van der Waals surface area (Å²) in [6, 6.07) is 16.7. The van der Waals surface area contributed by atoms with Crippen molar-refractivity contribution in [2.75, 3.05) is 11.4 Å². The number of hydrogen-bond acceptors (Lipinski definition) is 5. The molecule has 6 nitrogen and oxygen atoms in total. The van der Waals surface area contributed by atoms with Gasteiger partial charge in [0.1, 0.15) is 0 Å². The summed E-state index contributed by atoms with van der Waals surface area (Å²) >= 11 is 7.61. The summed E-state index contributed by atoms with van der Waals surface area (Å²) in [5, 5.41) is 23.1. The third-order valence-electron chi connectivity index (χ3n) is 5.78. The number of carboxylic acids is 1. The van der Waals surface area contributed by atoms with Crippen molar-refractivity contribution in [3.63, 3.8) is 0 Å². The van der Waals surface area contributed by atoms with Crippen LogP contribution in [-0.4, -0.2) is 39.7 Å². The number of hydrogen-bond donors (Lipinski definition) is 2. The number of nitrogens with zero attached hydrogens (tertiary/aromatic N) is 2. The van der Waals surface area contributed by atoms with Gasteiger partial charge in [-0.25, -0.2) is 4.98 Å². The Labute approximate surface area is 195 Å². The summed E-state index contributed by atoms with van der Waals surface area (Å²) in [5.74, 6) is -2.54. The first-order chi connectivity index (χ1) is 15.4. The first-order valence-corrected chi connectivity index (χ1v) is 11.7. The minimum absolute atomic E-state index is 0.271. The molecule has 1 saturated heterocycles. The van der Waals surface area contributed by atoms with Crippen molar-refractivity contribution in [2.24, 2.45) is 5.92 Å². The zero-order valence-corrected chi connectivity index (χ0v) is 18.8. The van der Waals surface area contributed by atoms with E-state index in [4.69, 9.17) is 11.6 Å². The molecule has 166 valence electrons. The van der Waals surface area contributed by atoms with E-state index < -0.39 is 23.9 Å². The number of rotatable bonds is 5. The Morgan fingerprint density at radius 3 is 2.59 bits per heavy atom. The highest BCUT2D eigenvalue weighted by Crippen LogP contribution is 2.38. The van der Waals surface area contributed by atoms with Gasteiger partial charge >= 0.3 is 5.97 Å². The SMILES string of the molecule is O=C(O)C[C@@H]1C(=O)N(c2nc(-c3ccccc3Cl)cs2)CC[C@H](O)C[C@@H]1c1ccccc1. The van der Waals surface area contributed by atoms with E-state index >= 15 is 0 Å². The average molecular weight is 471 g/mol. The molecule has 0 radical (unpaired) electrons. The zero-order chi connectivity index (χ0) is 22.7. The lowest BCUT2D eigenvalue weighted by Gasteiger charge is -2.34. The summed E-state index contributed by atoms with van der Waals surface area (Å²) in [7, 11) is 0. The summed E-state index contributed by atoms with van der Waals surface area (Å²) in [6.07, 6.45) is -0.250. The Balaban J connectivity index is 1.71. The Morgan fingerprint density at radius 1 is 1.16 bits per heavy atom. The molecule has 1 fully saturated rings. The fourth-order valence-electron chi connectivity index (χ4n) is 4.19. The fraction of sp³-hybridized carbons (Fsp3) is 0.292. The average Bonchev–Trinajstić information content (AvgIpc) is 3.25. The molecule has 3 aromatic rings. The quantitative estimate of drug-likeness (QED) is 0.557. The molecule has 2 aromatic carbocycles. The lowest BCUT2D eigenvalue weighted by atomic mass is 9.78. The van der Waals surface area contributed by atoms with Crippen molar-refractivity contribution in [1.82, 2.24) is 4.98 Å².